The normalized spacial score (nSPS) is 21.0. The maximum absolute atomic E-state index is 14.2. The molecule has 0 aromatic carbocycles. The topological polar surface area (TPSA) is 171 Å². The average molecular weight is 621 g/mol. The van der Waals surface area contributed by atoms with Crippen molar-refractivity contribution in [2.24, 2.45) is 34.3 Å². The molecule has 12 nitrogen and oxygen atoms in total. The van der Waals surface area contributed by atoms with Crippen molar-refractivity contribution in [3.05, 3.63) is 0 Å². The molecule has 1 saturated heterocycles. The van der Waals surface area contributed by atoms with E-state index in [4.69, 9.17) is 5.73 Å². The number of hydrogen-bond acceptors (Lipinski definition) is 6. The number of nitrogens with zero attached hydrogens (tertiary/aromatic N) is 2. The van der Waals surface area contributed by atoms with Crippen molar-refractivity contribution in [2.45, 2.75) is 125 Å². The third-order valence-corrected chi connectivity index (χ3v) is 8.90. The summed E-state index contributed by atoms with van der Waals surface area (Å²) in [5, 5.41) is 8.34. The lowest BCUT2D eigenvalue weighted by atomic mass is 9.85. The molecule has 5 atom stereocenters. The number of nitrogens with one attached hydrogen (secondary N) is 3. The summed E-state index contributed by atoms with van der Waals surface area (Å²) in [4.78, 5) is 81.9. The van der Waals surface area contributed by atoms with E-state index in [0.717, 1.165) is 12.8 Å². The summed E-state index contributed by atoms with van der Waals surface area (Å²) >= 11 is 0. The average Bonchev–Trinajstić information content (AvgIpc) is 3.59. The molecule has 44 heavy (non-hydrogen) atoms. The van der Waals surface area contributed by atoms with Crippen LogP contribution in [0.25, 0.3) is 0 Å². The number of nitrogens with two attached hydrogens (primary N) is 1. The van der Waals surface area contributed by atoms with E-state index in [9.17, 15) is 28.8 Å². The molecule has 5 N–H and O–H groups in total. The van der Waals surface area contributed by atoms with Gasteiger partial charge >= 0.3 is 6.03 Å². The molecule has 1 aliphatic carbocycles. The highest BCUT2D eigenvalue weighted by Gasteiger charge is 2.47. The van der Waals surface area contributed by atoms with E-state index in [1.54, 1.807) is 11.9 Å². The molecule has 12 heteroatoms. The Labute approximate surface area is 263 Å². The molecule has 6 amide bonds. The molecule has 0 aromatic rings. The van der Waals surface area contributed by atoms with Gasteiger partial charge in [0.1, 0.15) is 18.1 Å². The fraction of sp³-hybridized carbons (Fsp3) is 0.812. The first-order valence-corrected chi connectivity index (χ1v) is 15.8. The first-order chi connectivity index (χ1) is 20.1. The van der Waals surface area contributed by atoms with Crippen molar-refractivity contribution in [3.8, 4) is 0 Å². The molecule has 0 bridgehead atoms. The largest absolute Gasteiger partial charge is 0.363 e. The molecule has 2 aliphatic rings. The number of carbonyl (C=O) groups excluding carboxylic acids is 6. The Hall–Kier alpha value is -3.18. The van der Waals surface area contributed by atoms with Crippen molar-refractivity contribution in [2.75, 3.05) is 13.6 Å². The minimum atomic E-state index is -1.11. The second-order valence-electron chi connectivity index (χ2n) is 15.5. The minimum absolute atomic E-state index is 0.00679. The third kappa shape index (κ3) is 9.66. The summed E-state index contributed by atoms with van der Waals surface area (Å²) in [6.07, 6.45) is 2.53. The van der Waals surface area contributed by atoms with E-state index >= 15 is 0 Å². The van der Waals surface area contributed by atoms with Crippen molar-refractivity contribution >= 4 is 35.4 Å². The number of hydrogen-bond donors (Lipinski definition) is 4. The van der Waals surface area contributed by atoms with Crippen LogP contribution in [0.15, 0.2) is 0 Å². The lowest BCUT2D eigenvalue weighted by Crippen LogP contribution is -2.62. The van der Waals surface area contributed by atoms with Crippen LogP contribution >= 0.6 is 0 Å². The third-order valence-electron chi connectivity index (χ3n) is 8.90. The quantitative estimate of drug-likeness (QED) is 0.244. The SMILES string of the molecule is CC(C)[C@@H]1C[C@@H](C(=O)NC(CC2CC2)C(=O)C(N)=O)N(C(=O)[C@@H](NC(=O)N[C@H](C(=O)N(C)C(C)C)C(C)(C)C)C(C)(C)C)C1. The predicted octanol–water partition coefficient (Wildman–Crippen LogP) is 2.19. The highest BCUT2D eigenvalue weighted by atomic mass is 16.2. The summed E-state index contributed by atoms with van der Waals surface area (Å²) in [6, 6.07) is -4.56. The first kappa shape index (κ1) is 37.0. The molecule has 250 valence electrons. The lowest BCUT2D eigenvalue weighted by molar-refractivity contribution is -0.143. The zero-order valence-corrected chi connectivity index (χ0v) is 28.6. The summed E-state index contributed by atoms with van der Waals surface area (Å²) in [5.74, 6) is -2.74. The van der Waals surface area contributed by atoms with Gasteiger partial charge in [-0.3, -0.25) is 24.0 Å². The molecule has 1 aliphatic heterocycles. The van der Waals surface area contributed by atoms with Gasteiger partial charge in [-0.2, -0.15) is 0 Å². The van der Waals surface area contributed by atoms with Gasteiger partial charge in [-0.05, 0) is 55.3 Å². The van der Waals surface area contributed by atoms with Gasteiger partial charge in [0.15, 0.2) is 0 Å². The lowest BCUT2D eigenvalue weighted by Gasteiger charge is -2.38. The first-order valence-electron chi connectivity index (χ1n) is 15.8. The van der Waals surface area contributed by atoms with Crippen molar-refractivity contribution in [3.63, 3.8) is 0 Å². The van der Waals surface area contributed by atoms with E-state index in [2.05, 4.69) is 16.0 Å². The molecule has 0 spiro atoms. The van der Waals surface area contributed by atoms with Gasteiger partial charge < -0.3 is 31.5 Å². The smallest absolute Gasteiger partial charge is 0.316 e. The van der Waals surface area contributed by atoms with E-state index in [0.29, 0.717) is 19.4 Å². The Balaban J connectivity index is 2.33. The number of rotatable bonds is 12. The number of Topliss-reactive ketones (excluding diaryl/α,β-unsaturated/α-hetero) is 1. The molecule has 1 heterocycles. The van der Waals surface area contributed by atoms with Crippen LogP contribution in [-0.4, -0.2) is 89.0 Å². The van der Waals surface area contributed by atoms with Crippen molar-refractivity contribution in [1.82, 2.24) is 25.8 Å². The fourth-order valence-electron chi connectivity index (χ4n) is 5.43. The second kappa shape index (κ2) is 14.3. The van der Waals surface area contributed by atoms with Crippen LogP contribution in [-0.2, 0) is 24.0 Å². The van der Waals surface area contributed by atoms with Gasteiger partial charge in [-0.15, -0.1) is 0 Å². The zero-order chi connectivity index (χ0) is 33.9. The van der Waals surface area contributed by atoms with Crippen LogP contribution in [0, 0.1) is 28.6 Å². The molecular formula is C32H56N6O6. The zero-order valence-electron chi connectivity index (χ0n) is 28.6. The predicted molar refractivity (Wildman–Crippen MR) is 168 cm³/mol. The van der Waals surface area contributed by atoms with Crippen LogP contribution in [0.2, 0.25) is 0 Å². The van der Waals surface area contributed by atoms with E-state index in [1.165, 1.54) is 4.90 Å². The Kier molecular flexibility index (Phi) is 12.0. The summed E-state index contributed by atoms with van der Waals surface area (Å²) < 4.78 is 0. The number of amides is 6. The summed E-state index contributed by atoms with van der Waals surface area (Å²) in [6.45, 7) is 19.1. The summed E-state index contributed by atoms with van der Waals surface area (Å²) in [5.41, 5.74) is 3.91. The standard InChI is InChI=1S/C32H56N6O6/c1-17(2)20-15-22(27(41)34-21(14-19-12-13-19)23(39)26(33)40)38(16-20)29(43)25(32(8,9)10)36-30(44)35-24(31(5,6)7)28(42)37(11)18(3)4/h17-22,24-25H,12-16H2,1-11H3,(H2,33,40)(H,34,41)(H2,35,36,44)/t20-,21?,22+,24-,25-/m1/s1. The van der Waals surface area contributed by atoms with E-state index < -0.39 is 64.5 Å². The molecule has 2 rings (SSSR count). The van der Waals surface area contributed by atoms with E-state index in [-0.39, 0.29) is 29.7 Å². The second-order valence-corrected chi connectivity index (χ2v) is 15.5. The van der Waals surface area contributed by atoms with Crippen LogP contribution in [0.4, 0.5) is 4.79 Å². The van der Waals surface area contributed by atoms with Crippen LogP contribution in [0.1, 0.15) is 94.9 Å². The van der Waals surface area contributed by atoms with Gasteiger partial charge in [0, 0.05) is 19.6 Å². The van der Waals surface area contributed by atoms with E-state index in [1.807, 2.05) is 69.2 Å². The maximum atomic E-state index is 14.2. The highest BCUT2D eigenvalue weighted by Crippen LogP contribution is 2.35. The van der Waals surface area contributed by atoms with Gasteiger partial charge in [0.05, 0.1) is 6.04 Å². The van der Waals surface area contributed by atoms with Crippen LogP contribution < -0.4 is 21.7 Å². The van der Waals surface area contributed by atoms with Crippen LogP contribution in [0.5, 0.6) is 0 Å². The number of ketones is 1. The number of primary amides is 1. The highest BCUT2D eigenvalue weighted by molar-refractivity contribution is 6.37. The number of likely N-dealkylation sites (N-methyl/N-ethyl adjacent to an activating group) is 1. The Bertz CT molecular complexity index is 1100. The summed E-state index contributed by atoms with van der Waals surface area (Å²) in [7, 11) is 1.68. The van der Waals surface area contributed by atoms with Gasteiger partial charge in [-0.1, -0.05) is 68.2 Å². The number of urea groups is 1. The van der Waals surface area contributed by atoms with Crippen LogP contribution in [0.3, 0.4) is 0 Å². The fourth-order valence-corrected chi connectivity index (χ4v) is 5.43. The van der Waals surface area contributed by atoms with Gasteiger partial charge in [0.2, 0.25) is 23.5 Å². The Morgan fingerprint density at radius 3 is 1.82 bits per heavy atom. The monoisotopic (exact) mass is 620 g/mol. The molecule has 0 radical (unpaired) electrons. The Morgan fingerprint density at radius 2 is 1.39 bits per heavy atom. The maximum Gasteiger partial charge on any atom is 0.316 e. The number of likely N-dealkylation sites (tertiary alicyclic amines) is 1. The van der Waals surface area contributed by atoms with Crippen molar-refractivity contribution in [1.29, 1.82) is 0 Å². The minimum Gasteiger partial charge on any atom is -0.363 e. The number of carbonyl (C=O) groups is 6. The molecular weight excluding hydrogens is 564 g/mol. The molecule has 0 aromatic heterocycles. The molecule has 2 fully saturated rings. The molecule has 1 saturated carbocycles. The van der Waals surface area contributed by atoms with Crippen molar-refractivity contribution < 1.29 is 28.8 Å². The molecule has 1 unspecified atom stereocenters. The van der Waals surface area contributed by atoms with Gasteiger partial charge in [0.25, 0.3) is 5.91 Å². The van der Waals surface area contributed by atoms with Gasteiger partial charge in [-0.25, -0.2) is 4.79 Å². The Morgan fingerprint density at radius 1 is 0.864 bits per heavy atom.